The zero-order chi connectivity index (χ0) is 14.7. The molecule has 0 radical (unpaired) electrons. The van der Waals surface area contributed by atoms with Crippen LogP contribution in [0.15, 0.2) is 49.0 Å². The predicted molar refractivity (Wildman–Crippen MR) is 77.5 cm³/mol. The number of rotatable bonds is 10. The second-order valence-electron chi connectivity index (χ2n) is 4.04. The van der Waals surface area contributed by atoms with Gasteiger partial charge in [-0.05, 0) is 25.0 Å². The van der Waals surface area contributed by atoms with E-state index in [1.54, 1.807) is 0 Å². The number of carbonyl (C=O) groups is 2. The highest BCUT2D eigenvalue weighted by Gasteiger charge is 2.06. The molecule has 0 heterocycles. The van der Waals surface area contributed by atoms with Gasteiger partial charge in [0.05, 0.1) is 0 Å². The largest absolute Gasteiger partial charge is 0.466 e. The molecule has 0 rings (SSSR count). The summed E-state index contributed by atoms with van der Waals surface area (Å²) < 4.78 is 5.66. The van der Waals surface area contributed by atoms with Crippen molar-refractivity contribution in [1.82, 2.24) is 0 Å². The van der Waals surface area contributed by atoms with Gasteiger partial charge in [-0.15, -0.1) is 0 Å². The summed E-state index contributed by atoms with van der Waals surface area (Å²) in [5.41, 5.74) is 0. The minimum Gasteiger partial charge on any atom is -0.466 e. The Balaban J connectivity index is 5.03. The Hall–Kier alpha value is -1.90. The standard InChI is InChI=1S/C16H22O3/c1-5-9-15(11-13(17)7-3)19-16(10-6-2)12-14(18)8-4/h7-8,11-12H,3-6,9-10H2,1-2H3. The Morgan fingerprint density at radius 3 is 1.53 bits per heavy atom. The molecule has 3 heteroatoms. The lowest BCUT2D eigenvalue weighted by Gasteiger charge is -2.12. The predicted octanol–water partition coefficient (Wildman–Crippen LogP) is 3.88. The maximum atomic E-state index is 11.3. The second kappa shape index (κ2) is 10.1. The highest BCUT2D eigenvalue weighted by molar-refractivity contribution is 5.99. The number of allylic oxidation sites excluding steroid dienone is 6. The summed E-state index contributed by atoms with van der Waals surface area (Å²) in [6, 6.07) is 0. The van der Waals surface area contributed by atoms with Gasteiger partial charge in [-0.3, -0.25) is 9.59 Å². The van der Waals surface area contributed by atoms with Gasteiger partial charge in [0.25, 0.3) is 0 Å². The number of ether oxygens (including phenoxy) is 1. The van der Waals surface area contributed by atoms with E-state index in [9.17, 15) is 9.59 Å². The van der Waals surface area contributed by atoms with E-state index < -0.39 is 0 Å². The fraction of sp³-hybridized carbons (Fsp3) is 0.375. The first kappa shape index (κ1) is 17.1. The van der Waals surface area contributed by atoms with Crippen molar-refractivity contribution < 1.29 is 14.3 Å². The molecule has 0 saturated carbocycles. The van der Waals surface area contributed by atoms with Gasteiger partial charge in [0.1, 0.15) is 11.5 Å². The minimum atomic E-state index is -0.200. The fourth-order valence-electron chi connectivity index (χ4n) is 1.40. The minimum absolute atomic E-state index is 0.200. The molecule has 0 N–H and O–H groups in total. The Morgan fingerprint density at radius 1 is 0.895 bits per heavy atom. The Bertz CT molecular complexity index is 362. The van der Waals surface area contributed by atoms with Crippen LogP contribution in [0, 0.1) is 0 Å². The molecule has 0 aliphatic rings. The molecule has 0 saturated heterocycles. The average Bonchev–Trinajstić information content (AvgIpc) is 2.38. The third-order valence-corrected chi connectivity index (χ3v) is 2.26. The van der Waals surface area contributed by atoms with Crippen LogP contribution in [0.5, 0.6) is 0 Å². The van der Waals surface area contributed by atoms with Gasteiger partial charge in [-0.2, -0.15) is 0 Å². The molecule has 19 heavy (non-hydrogen) atoms. The molecule has 0 bridgehead atoms. The van der Waals surface area contributed by atoms with Crippen LogP contribution in [0.1, 0.15) is 39.5 Å². The number of hydrogen-bond donors (Lipinski definition) is 0. The quantitative estimate of drug-likeness (QED) is 0.443. The van der Waals surface area contributed by atoms with E-state index in [-0.39, 0.29) is 11.6 Å². The zero-order valence-electron chi connectivity index (χ0n) is 11.8. The number of carbonyl (C=O) groups excluding carboxylic acids is 2. The Labute approximate surface area is 115 Å². The van der Waals surface area contributed by atoms with Gasteiger partial charge in [0, 0.05) is 25.0 Å². The molecular formula is C16H22O3. The normalized spacial score (nSPS) is 11.9. The van der Waals surface area contributed by atoms with Crippen LogP contribution < -0.4 is 0 Å². The molecule has 0 aromatic rings. The van der Waals surface area contributed by atoms with Crippen molar-refractivity contribution in [1.29, 1.82) is 0 Å². The summed E-state index contributed by atoms with van der Waals surface area (Å²) in [4.78, 5) is 22.7. The number of ketones is 2. The van der Waals surface area contributed by atoms with Crippen molar-refractivity contribution in [3.63, 3.8) is 0 Å². The van der Waals surface area contributed by atoms with Crippen molar-refractivity contribution in [2.24, 2.45) is 0 Å². The summed E-state index contributed by atoms with van der Waals surface area (Å²) in [7, 11) is 0. The lowest BCUT2D eigenvalue weighted by Crippen LogP contribution is -2.00. The molecule has 3 nitrogen and oxygen atoms in total. The van der Waals surface area contributed by atoms with Crippen molar-refractivity contribution in [2.45, 2.75) is 39.5 Å². The molecule has 0 aliphatic carbocycles. The topological polar surface area (TPSA) is 43.4 Å². The SMILES string of the molecule is C=CC(=O)C=C(CCC)OC(=CC(=O)C=C)CCC. The lowest BCUT2D eigenvalue weighted by molar-refractivity contribution is -0.111. The second-order valence-corrected chi connectivity index (χ2v) is 4.04. The van der Waals surface area contributed by atoms with Crippen LogP contribution in [-0.2, 0) is 14.3 Å². The van der Waals surface area contributed by atoms with E-state index in [2.05, 4.69) is 13.2 Å². The first-order chi connectivity index (χ1) is 9.07. The summed E-state index contributed by atoms with van der Waals surface area (Å²) in [5.74, 6) is 0.719. The van der Waals surface area contributed by atoms with Crippen LogP contribution in [0.3, 0.4) is 0 Å². The van der Waals surface area contributed by atoms with Crippen LogP contribution >= 0.6 is 0 Å². The van der Waals surface area contributed by atoms with E-state index in [1.165, 1.54) is 24.3 Å². The highest BCUT2D eigenvalue weighted by Crippen LogP contribution is 2.16. The Kier molecular flexibility index (Phi) is 9.06. The zero-order valence-corrected chi connectivity index (χ0v) is 11.8. The molecule has 104 valence electrons. The van der Waals surface area contributed by atoms with E-state index in [1.807, 2.05) is 13.8 Å². The number of hydrogen-bond acceptors (Lipinski definition) is 3. The fourth-order valence-corrected chi connectivity index (χ4v) is 1.40. The molecule has 0 atom stereocenters. The molecular weight excluding hydrogens is 240 g/mol. The molecule has 0 amide bonds. The van der Waals surface area contributed by atoms with Gasteiger partial charge in [-0.25, -0.2) is 0 Å². The van der Waals surface area contributed by atoms with E-state index in [0.717, 1.165) is 12.8 Å². The molecule has 0 aliphatic heterocycles. The van der Waals surface area contributed by atoms with Gasteiger partial charge in [0.15, 0.2) is 11.6 Å². The van der Waals surface area contributed by atoms with Crippen molar-refractivity contribution >= 4 is 11.6 Å². The molecule has 0 aromatic heterocycles. The summed E-state index contributed by atoms with van der Waals surface area (Å²) in [5, 5.41) is 0. The van der Waals surface area contributed by atoms with Gasteiger partial charge < -0.3 is 4.74 Å². The smallest absolute Gasteiger partial charge is 0.181 e. The molecule has 0 aromatic carbocycles. The highest BCUT2D eigenvalue weighted by atomic mass is 16.5. The van der Waals surface area contributed by atoms with Crippen LogP contribution in [0.4, 0.5) is 0 Å². The Morgan fingerprint density at radius 2 is 1.26 bits per heavy atom. The molecule has 0 fully saturated rings. The first-order valence-electron chi connectivity index (χ1n) is 6.49. The maximum Gasteiger partial charge on any atom is 0.181 e. The maximum absolute atomic E-state index is 11.3. The molecule has 0 spiro atoms. The third kappa shape index (κ3) is 7.92. The van der Waals surface area contributed by atoms with Crippen molar-refractivity contribution in [2.75, 3.05) is 0 Å². The molecule has 0 unspecified atom stereocenters. The van der Waals surface area contributed by atoms with E-state index in [0.29, 0.717) is 24.4 Å². The van der Waals surface area contributed by atoms with Crippen molar-refractivity contribution in [3.05, 3.63) is 49.0 Å². The van der Waals surface area contributed by atoms with Gasteiger partial charge >= 0.3 is 0 Å². The van der Waals surface area contributed by atoms with E-state index in [4.69, 9.17) is 4.74 Å². The average molecular weight is 262 g/mol. The summed E-state index contributed by atoms with van der Waals surface area (Å²) >= 11 is 0. The summed E-state index contributed by atoms with van der Waals surface area (Å²) in [6.07, 6.45) is 8.28. The van der Waals surface area contributed by atoms with Crippen LogP contribution in [0.2, 0.25) is 0 Å². The van der Waals surface area contributed by atoms with Crippen LogP contribution in [0.25, 0.3) is 0 Å². The lowest BCUT2D eigenvalue weighted by atomic mass is 10.2. The van der Waals surface area contributed by atoms with Gasteiger partial charge in [-0.1, -0.05) is 27.0 Å². The van der Waals surface area contributed by atoms with Gasteiger partial charge in [0.2, 0.25) is 0 Å². The monoisotopic (exact) mass is 262 g/mol. The first-order valence-corrected chi connectivity index (χ1v) is 6.49. The van der Waals surface area contributed by atoms with Crippen LogP contribution in [-0.4, -0.2) is 11.6 Å². The summed E-state index contributed by atoms with van der Waals surface area (Å²) in [6.45, 7) is 10.8. The van der Waals surface area contributed by atoms with E-state index >= 15 is 0 Å². The van der Waals surface area contributed by atoms with Crippen molar-refractivity contribution in [3.8, 4) is 0 Å². The third-order valence-electron chi connectivity index (χ3n) is 2.26.